The zero-order valence-electron chi connectivity index (χ0n) is 8.24. The first-order valence-electron chi connectivity index (χ1n) is 4.86. The molecule has 0 unspecified atom stereocenters. The van der Waals surface area contributed by atoms with E-state index in [1.165, 1.54) is 6.07 Å². The number of benzene rings is 1. The molecule has 0 spiro atoms. The zero-order chi connectivity index (χ0) is 10.7. The average molecular weight is 205 g/mol. The minimum absolute atomic E-state index is 0.310. The van der Waals surface area contributed by atoms with Crippen LogP contribution in [0, 0.1) is 5.82 Å². The highest BCUT2D eigenvalue weighted by Gasteiger charge is 2.05. The third-order valence-electron chi connectivity index (χ3n) is 2.13. The Kier molecular flexibility index (Phi) is 2.83. The van der Waals surface area contributed by atoms with E-state index in [0.717, 1.165) is 11.8 Å². The van der Waals surface area contributed by atoms with Crippen LogP contribution in [0.1, 0.15) is 12.2 Å². The van der Waals surface area contributed by atoms with Gasteiger partial charge in [0.25, 0.3) is 0 Å². The molecular formula is C12H12FNO. The predicted octanol–water partition coefficient (Wildman–Crippen LogP) is 2.93. The van der Waals surface area contributed by atoms with Crippen molar-refractivity contribution < 1.29 is 8.81 Å². The first-order chi connectivity index (χ1) is 7.31. The lowest BCUT2D eigenvalue weighted by Crippen LogP contribution is -1.94. The van der Waals surface area contributed by atoms with E-state index in [0.29, 0.717) is 17.9 Å². The van der Waals surface area contributed by atoms with Crippen molar-refractivity contribution in [3.63, 3.8) is 0 Å². The molecule has 1 heterocycles. The lowest BCUT2D eigenvalue weighted by Gasteiger charge is -1.88. The highest BCUT2D eigenvalue weighted by atomic mass is 19.1. The molecule has 0 fully saturated rings. The van der Waals surface area contributed by atoms with Crippen molar-refractivity contribution >= 4 is 17.0 Å². The molecule has 2 N–H and O–H groups in total. The van der Waals surface area contributed by atoms with E-state index in [2.05, 4.69) is 0 Å². The molecule has 2 rings (SSSR count). The van der Waals surface area contributed by atoms with E-state index in [1.807, 2.05) is 24.3 Å². The van der Waals surface area contributed by atoms with Crippen molar-refractivity contribution in [2.24, 2.45) is 5.73 Å². The van der Waals surface area contributed by atoms with Gasteiger partial charge < -0.3 is 10.2 Å². The topological polar surface area (TPSA) is 39.2 Å². The maximum atomic E-state index is 13.3. The predicted molar refractivity (Wildman–Crippen MR) is 58.9 cm³/mol. The molecule has 3 heteroatoms. The van der Waals surface area contributed by atoms with Gasteiger partial charge >= 0.3 is 0 Å². The summed E-state index contributed by atoms with van der Waals surface area (Å²) in [5, 5.41) is 0.780. The fourth-order valence-electron chi connectivity index (χ4n) is 1.43. The van der Waals surface area contributed by atoms with Gasteiger partial charge in [-0.2, -0.15) is 0 Å². The summed E-state index contributed by atoms with van der Waals surface area (Å²) in [6.07, 6.45) is 4.52. The third-order valence-corrected chi connectivity index (χ3v) is 2.13. The van der Waals surface area contributed by atoms with Gasteiger partial charge in [0.2, 0.25) is 0 Å². The summed E-state index contributed by atoms with van der Waals surface area (Å²) >= 11 is 0. The Morgan fingerprint density at radius 3 is 3.00 bits per heavy atom. The van der Waals surface area contributed by atoms with Gasteiger partial charge in [0.1, 0.15) is 5.76 Å². The number of fused-ring (bicyclic) bond motifs is 1. The van der Waals surface area contributed by atoms with Crippen LogP contribution in [-0.2, 0) is 0 Å². The van der Waals surface area contributed by atoms with E-state index in [9.17, 15) is 4.39 Å². The second kappa shape index (κ2) is 4.28. The number of halogens is 1. The second-order valence-electron chi connectivity index (χ2n) is 3.29. The van der Waals surface area contributed by atoms with E-state index in [1.54, 1.807) is 6.07 Å². The average Bonchev–Trinajstić information content (AvgIpc) is 2.63. The lowest BCUT2D eigenvalue weighted by atomic mass is 10.2. The largest absolute Gasteiger partial charge is 0.454 e. The van der Waals surface area contributed by atoms with Gasteiger partial charge in [-0.1, -0.05) is 18.2 Å². The number of para-hydroxylation sites is 1. The molecule has 2 nitrogen and oxygen atoms in total. The van der Waals surface area contributed by atoms with Crippen molar-refractivity contribution in [3.8, 4) is 0 Å². The molecule has 15 heavy (non-hydrogen) atoms. The third kappa shape index (κ3) is 2.07. The maximum absolute atomic E-state index is 13.3. The number of furan rings is 1. The molecule has 0 radical (unpaired) electrons. The van der Waals surface area contributed by atoms with Crippen molar-refractivity contribution in [1.29, 1.82) is 0 Å². The lowest BCUT2D eigenvalue weighted by molar-refractivity contribution is 0.554. The van der Waals surface area contributed by atoms with Crippen molar-refractivity contribution in [2.75, 3.05) is 6.54 Å². The molecular weight excluding hydrogens is 193 g/mol. The molecule has 0 bridgehead atoms. The van der Waals surface area contributed by atoms with Crippen LogP contribution >= 0.6 is 0 Å². The van der Waals surface area contributed by atoms with Gasteiger partial charge in [-0.05, 0) is 31.2 Å². The molecule has 1 aromatic carbocycles. The summed E-state index contributed by atoms with van der Waals surface area (Å²) < 4.78 is 18.6. The maximum Gasteiger partial charge on any atom is 0.170 e. The number of hydrogen-bond donors (Lipinski definition) is 1. The van der Waals surface area contributed by atoms with Crippen molar-refractivity contribution in [1.82, 2.24) is 0 Å². The van der Waals surface area contributed by atoms with Crippen LogP contribution in [0.5, 0.6) is 0 Å². The van der Waals surface area contributed by atoms with Gasteiger partial charge in [-0.15, -0.1) is 0 Å². The monoisotopic (exact) mass is 205 g/mol. The number of hydrogen-bond acceptors (Lipinski definition) is 2. The Hall–Kier alpha value is -1.61. The first kappa shape index (κ1) is 9.93. The van der Waals surface area contributed by atoms with Crippen LogP contribution in [0.4, 0.5) is 4.39 Å². The Labute approximate surface area is 87.2 Å². The standard InChI is InChI=1S/C12H12FNO/c13-11-6-3-4-9-8-10(15-12(9)11)5-1-2-7-14/h1,3-6,8H,2,7,14H2/b5-1+. The Balaban J connectivity index is 2.35. The van der Waals surface area contributed by atoms with E-state index in [4.69, 9.17) is 10.2 Å². The molecule has 0 saturated heterocycles. The Morgan fingerprint density at radius 1 is 1.40 bits per heavy atom. The van der Waals surface area contributed by atoms with Gasteiger partial charge in [0.05, 0.1) is 0 Å². The fourth-order valence-corrected chi connectivity index (χ4v) is 1.43. The second-order valence-corrected chi connectivity index (χ2v) is 3.29. The molecule has 1 aromatic heterocycles. The van der Waals surface area contributed by atoms with Crippen molar-refractivity contribution in [2.45, 2.75) is 6.42 Å². The molecule has 0 aliphatic carbocycles. The molecule has 0 atom stereocenters. The van der Waals surface area contributed by atoms with Crippen molar-refractivity contribution in [3.05, 3.63) is 41.9 Å². The highest BCUT2D eigenvalue weighted by molar-refractivity contribution is 5.80. The smallest absolute Gasteiger partial charge is 0.170 e. The van der Waals surface area contributed by atoms with Gasteiger partial charge in [0.15, 0.2) is 11.4 Å². The van der Waals surface area contributed by atoms with E-state index in [-0.39, 0.29) is 5.82 Å². The number of nitrogens with two attached hydrogens (primary N) is 1. The normalized spacial score (nSPS) is 11.6. The van der Waals surface area contributed by atoms with Gasteiger partial charge in [0, 0.05) is 5.39 Å². The molecule has 0 aliphatic rings. The van der Waals surface area contributed by atoms with Crippen LogP contribution in [-0.4, -0.2) is 6.54 Å². The number of rotatable bonds is 3. The minimum Gasteiger partial charge on any atom is -0.454 e. The quantitative estimate of drug-likeness (QED) is 0.836. The Bertz CT molecular complexity index is 487. The molecule has 2 aromatic rings. The fraction of sp³-hybridized carbons (Fsp3) is 0.167. The summed E-state index contributed by atoms with van der Waals surface area (Å²) in [4.78, 5) is 0. The first-order valence-corrected chi connectivity index (χ1v) is 4.86. The molecule has 0 aliphatic heterocycles. The summed E-state index contributed by atoms with van der Waals surface area (Å²) in [7, 11) is 0. The van der Waals surface area contributed by atoms with E-state index < -0.39 is 0 Å². The van der Waals surface area contributed by atoms with Crippen LogP contribution in [0.3, 0.4) is 0 Å². The molecule has 0 amide bonds. The summed E-state index contributed by atoms with van der Waals surface area (Å²) in [6, 6.07) is 6.69. The summed E-state index contributed by atoms with van der Waals surface area (Å²) in [5.41, 5.74) is 5.66. The minimum atomic E-state index is -0.328. The van der Waals surface area contributed by atoms with Crippen LogP contribution in [0.15, 0.2) is 34.8 Å². The van der Waals surface area contributed by atoms with Gasteiger partial charge in [-0.25, -0.2) is 4.39 Å². The SMILES string of the molecule is NCC/C=C/c1cc2cccc(F)c2o1. The molecule has 78 valence electrons. The van der Waals surface area contributed by atoms with Crippen LogP contribution in [0.25, 0.3) is 17.0 Å². The summed E-state index contributed by atoms with van der Waals surface area (Å²) in [5.74, 6) is 0.328. The summed E-state index contributed by atoms with van der Waals surface area (Å²) in [6.45, 7) is 0.602. The van der Waals surface area contributed by atoms with Gasteiger partial charge in [-0.3, -0.25) is 0 Å². The molecule has 0 saturated carbocycles. The van der Waals surface area contributed by atoms with Crippen LogP contribution < -0.4 is 5.73 Å². The Morgan fingerprint density at radius 2 is 2.27 bits per heavy atom. The van der Waals surface area contributed by atoms with E-state index >= 15 is 0 Å². The van der Waals surface area contributed by atoms with Crippen LogP contribution in [0.2, 0.25) is 0 Å². The highest BCUT2D eigenvalue weighted by Crippen LogP contribution is 2.22. The zero-order valence-corrected chi connectivity index (χ0v) is 8.24.